The van der Waals surface area contributed by atoms with Gasteiger partial charge in [-0.2, -0.15) is 13.2 Å². The van der Waals surface area contributed by atoms with E-state index in [1.807, 2.05) is 18.2 Å². The van der Waals surface area contributed by atoms with Gasteiger partial charge in [0.05, 0.1) is 18.8 Å². The van der Waals surface area contributed by atoms with Gasteiger partial charge in [0.1, 0.15) is 11.4 Å². The van der Waals surface area contributed by atoms with Crippen molar-refractivity contribution in [2.24, 2.45) is 23.7 Å². The number of aromatic amines is 1. The third-order valence-electron chi connectivity index (χ3n) is 7.75. The lowest BCUT2D eigenvalue weighted by Gasteiger charge is -2.37. The van der Waals surface area contributed by atoms with E-state index in [0.29, 0.717) is 48.9 Å². The SMILES string of the molecule is CC1(F)CC(C(=O)Nc2c[nH]c3ccc(OCC[C@@H]4C[C@@H]5CN(CC(F)(F)F)C[C@@H]5C4)cc23)C1. The molecule has 3 fully saturated rings. The molecule has 5 nitrogen and oxygen atoms in total. The molecular weight excluding hydrogens is 450 g/mol. The number of carbonyl (C=O) groups is 1. The number of likely N-dealkylation sites (tertiary alicyclic amines) is 1. The van der Waals surface area contributed by atoms with Gasteiger partial charge in [-0.3, -0.25) is 9.69 Å². The zero-order valence-electron chi connectivity index (χ0n) is 19.3. The number of aromatic nitrogens is 1. The number of amides is 1. The van der Waals surface area contributed by atoms with Gasteiger partial charge >= 0.3 is 6.18 Å². The number of nitrogens with zero attached hydrogens (tertiary/aromatic N) is 1. The van der Waals surface area contributed by atoms with Crippen molar-refractivity contribution >= 4 is 22.5 Å². The third kappa shape index (κ3) is 5.19. The van der Waals surface area contributed by atoms with Crippen LogP contribution in [0.1, 0.15) is 39.0 Å². The van der Waals surface area contributed by atoms with E-state index in [0.717, 1.165) is 30.2 Å². The van der Waals surface area contributed by atoms with Gasteiger partial charge in [-0.25, -0.2) is 4.39 Å². The number of halogens is 4. The second-order valence-electron chi connectivity index (χ2n) is 10.7. The molecule has 0 radical (unpaired) electrons. The molecule has 2 aliphatic carbocycles. The lowest BCUT2D eigenvalue weighted by atomic mass is 9.73. The van der Waals surface area contributed by atoms with Crippen molar-refractivity contribution in [2.45, 2.75) is 50.9 Å². The molecule has 5 rings (SSSR count). The van der Waals surface area contributed by atoms with Gasteiger partial charge in [0.2, 0.25) is 5.91 Å². The molecule has 3 atom stereocenters. The van der Waals surface area contributed by atoms with E-state index in [-0.39, 0.29) is 24.7 Å². The zero-order chi connectivity index (χ0) is 24.1. The van der Waals surface area contributed by atoms with Crippen molar-refractivity contribution in [1.82, 2.24) is 9.88 Å². The molecule has 3 aliphatic rings. The van der Waals surface area contributed by atoms with E-state index in [1.54, 1.807) is 11.1 Å². The van der Waals surface area contributed by atoms with Crippen molar-refractivity contribution in [2.75, 3.05) is 31.6 Å². The average molecular weight is 482 g/mol. The predicted molar refractivity (Wildman–Crippen MR) is 121 cm³/mol. The Labute approximate surface area is 196 Å². The van der Waals surface area contributed by atoms with Gasteiger partial charge in [0.25, 0.3) is 0 Å². The molecule has 2 saturated carbocycles. The van der Waals surface area contributed by atoms with Crippen molar-refractivity contribution in [3.63, 3.8) is 0 Å². The van der Waals surface area contributed by atoms with Crippen LogP contribution in [0.25, 0.3) is 10.9 Å². The van der Waals surface area contributed by atoms with E-state index in [4.69, 9.17) is 4.74 Å². The Morgan fingerprint density at radius 1 is 1.24 bits per heavy atom. The molecule has 1 aliphatic heterocycles. The number of alkyl halides is 4. The van der Waals surface area contributed by atoms with E-state index in [9.17, 15) is 22.4 Å². The molecule has 0 spiro atoms. The summed E-state index contributed by atoms with van der Waals surface area (Å²) in [6, 6.07) is 5.67. The highest BCUT2D eigenvalue weighted by atomic mass is 19.4. The number of hydrogen-bond donors (Lipinski definition) is 2. The summed E-state index contributed by atoms with van der Waals surface area (Å²) in [4.78, 5) is 17.1. The summed E-state index contributed by atoms with van der Waals surface area (Å²) < 4.78 is 57.6. The fourth-order valence-corrected chi connectivity index (χ4v) is 6.17. The van der Waals surface area contributed by atoms with E-state index >= 15 is 0 Å². The quantitative estimate of drug-likeness (QED) is 0.511. The summed E-state index contributed by atoms with van der Waals surface area (Å²) in [5, 5.41) is 3.75. The number of carbonyl (C=O) groups excluding carboxylic acids is 1. The fraction of sp³-hybridized carbons (Fsp3) is 0.640. The molecule has 0 bridgehead atoms. The van der Waals surface area contributed by atoms with Gasteiger partial charge in [-0.15, -0.1) is 0 Å². The number of H-pyrrole nitrogens is 1. The second kappa shape index (κ2) is 8.73. The van der Waals surface area contributed by atoms with Crippen LogP contribution in [0.2, 0.25) is 0 Å². The number of benzene rings is 1. The first-order valence-corrected chi connectivity index (χ1v) is 12.1. The maximum absolute atomic E-state index is 13.7. The number of rotatable bonds is 7. The molecule has 34 heavy (non-hydrogen) atoms. The summed E-state index contributed by atoms with van der Waals surface area (Å²) in [7, 11) is 0. The van der Waals surface area contributed by atoms with Crippen molar-refractivity contribution in [1.29, 1.82) is 0 Å². The highest BCUT2D eigenvalue weighted by Gasteiger charge is 2.45. The van der Waals surface area contributed by atoms with Crippen LogP contribution in [-0.4, -0.2) is 53.9 Å². The number of fused-ring (bicyclic) bond motifs is 2. The topological polar surface area (TPSA) is 57.4 Å². The second-order valence-corrected chi connectivity index (χ2v) is 10.7. The number of nitrogens with one attached hydrogen (secondary N) is 2. The largest absolute Gasteiger partial charge is 0.494 e. The molecule has 1 saturated heterocycles. The average Bonchev–Trinajstić information content (AvgIpc) is 3.38. The minimum absolute atomic E-state index is 0.164. The smallest absolute Gasteiger partial charge is 0.401 e. The van der Waals surface area contributed by atoms with Crippen LogP contribution in [0.5, 0.6) is 5.75 Å². The van der Waals surface area contributed by atoms with E-state index in [2.05, 4.69) is 10.3 Å². The summed E-state index contributed by atoms with van der Waals surface area (Å²) in [6.07, 6.45) is 0.923. The molecule has 0 unspecified atom stereocenters. The van der Waals surface area contributed by atoms with Crippen LogP contribution in [-0.2, 0) is 4.79 Å². The Morgan fingerprint density at radius 3 is 2.59 bits per heavy atom. The van der Waals surface area contributed by atoms with E-state index in [1.165, 1.54) is 6.92 Å². The molecule has 1 amide bonds. The lowest BCUT2D eigenvalue weighted by molar-refractivity contribution is -0.144. The molecule has 2 aromatic rings. The Balaban J connectivity index is 1.10. The minimum Gasteiger partial charge on any atom is -0.494 e. The first-order valence-electron chi connectivity index (χ1n) is 12.1. The van der Waals surface area contributed by atoms with Crippen LogP contribution in [0, 0.1) is 23.7 Å². The summed E-state index contributed by atoms with van der Waals surface area (Å²) >= 11 is 0. The minimum atomic E-state index is -4.12. The van der Waals surface area contributed by atoms with Crippen LogP contribution in [0.4, 0.5) is 23.2 Å². The normalized spacial score (nSPS) is 31.4. The molecular formula is C25H31F4N3O2. The van der Waals surface area contributed by atoms with Gasteiger partial charge in [0, 0.05) is 36.1 Å². The first-order chi connectivity index (χ1) is 16.0. The van der Waals surface area contributed by atoms with Crippen LogP contribution in [0.15, 0.2) is 24.4 Å². The summed E-state index contributed by atoms with van der Waals surface area (Å²) in [6.45, 7) is 2.36. The summed E-state index contributed by atoms with van der Waals surface area (Å²) in [5.74, 6) is 1.45. The van der Waals surface area contributed by atoms with Crippen LogP contribution in [0.3, 0.4) is 0 Å². The van der Waals surface area contributed by atoms with Crippen molar-refractivity contribution in [3.05, 3.63) is 24.4 Å². The number of anilines is 1. The molecule has 1 aromatic carbocycles. The monoisotopic (exact) mass is 481 g/mol. The fourth-order valence-electron chi connectivity index (χ4n) is 6.17. The van der Waals surface area contributed by atoms with Gasteiger partial charge in [0.15, 0.2) is 0 Å². The van der Waals surface area contributed by atoms with Gasteiger partial charge in [-0.1, -0.05) is 0 Å². The Kier molecular flexibility index (Phi) is 6.02. The summed E-state index contributed by atoms with van der Waals surface area (Å²) in [5.41, 5.74) is 0.285. The standard InChI is InChI=1S/C25H31F4N3O2/c1-24(26)9-18(10-24)23(33)31-22-11-30-21-3-2-19(8-20(21)22)34-5-4-15-6-16-12-32(13-17(16)7-15)14-25(27,28)29/h2-3,8,11,15-18,30H,4-7,9-10,12-14H2,1H3,(H,31,33)/t15-,16-,17+,18?,24?. The van der Waals surface area contributed by atoms with E-state index < -0.39 is 18.4 Å². The Bertz CT molecular complexity index is 1030. The molecule has 2 N–H and O–H groups in total. The molecule has 186 valence electrons. The molecule has 2 heterocycles. The van der Waals surface area contributed by atoms with Crippen molar-refractivity contribution < 1.29 is 27.1 Å². The first kappa shape index (κ1) is 23.5. The van der Waals surface area contributed by atoms with Crippen LogP contribution >= 0.6 is 0 Å². The third-order valence-corrected chi connectivity index (χ3v) is 7.75. The predicted octanol–water partition coefficient (Wildman–Crippen LogP) is 5.53. The lowest BCUT2D eigenvalue weighted by Crippen LogP contribution is -2.43. The maximum atomic E-state index is 13.7. The zero-order valence-corrected chi connectivity index (χ0v) is 19.3. The van der Waals surface area contributed by atoms with Gasteiger partial charge in [-0.05, 0) is 75.0 Å². The molecule has 9 heteroatoms. The van der Waals surface area contributed by atoms with Crippen molar-refractivity contribution in [3.8, 4) is 5.75 Å². The Hall–Kier alpha value is -2.29. The van der Waals surface area contributed by atoms with Gasteiger partial charge < -0.3 is 15.0 Å². The maximum Gasteiger partial charge on any atom is 0.401 e. The highest BCUT2D eigenvalue weighted by Crippen LogP contribution is 2.44. The molecule has 1 aromatic heterocycles. The highest BCUT2D eigenvalue weighted by molar-refractivity contribution is 6.03. The number of hydrogen-bond acceptors (Lipinski definition) is 3. The number of ether oxygens (including phenoxy) is 1. The Morgan fingerprint density at radius 2 is 1.94 bits per heavy atom. The van der Waals surface area contributed by atoms with Crippen LogP contribution < -0.4 is 10.1 Å².